The average Bonchev–Trinajstić information content (AvgIpc) is 3.28. The van der Waals surface area contributed by atoms with Crippen molar-refractivity contribution in [2.75, 3.05) is 44.3 Å². The first-order chi connectivity index (χ1) is 16.1. The molecule has 1 aliphatic rings. The Morgan fingerprint density at radius 3 is 2.82 bits per heavy atom. The molecule has 1 saturated heterocycles. The highest BCUT2D eigenvalue weighted by Gasteiger charge is 2.26. The molecule has 0 N–H and O–H groups in total. The number of amides is 1. The first kappa shape index (κ1) is 21.8. The third-order valence-electron chi connectivity index (χ3n) is 5.98. The Balaban J connectivity index is 1.52. The fraction of sp³-hybridized carbons (Fsp3) is 0.320. The van der Waals surface area contributed by atoms with E-state index in [1.54, 1.807) is 29.2 Å². The highest BCUT2D eigenvalue weighted by atomic mass is 32.1. The minimum absolute atomic E-state index is 0.0178. The summed E-state index contributed by atoms with van der Waals surface area (Å²) in [6.07, 6.45) is 2.21. The maximum absolute atomic E-state index is 13.7. The second kappa shape index (κ2) is 9.43. The Kier molecular flexibility index (Phi) is 6.22. The number of morpholine rings is 1. The number of rotatable bonds is 6. The van der Waals surface area contributed by atoms with Gasteiger partial charge in [-0.15, -0.1) is 0 Å². The zero-order valence-corrected chi connectivity index (χ0v) is 19.3. The van der Waals surface area contributed by atoms with Gasteiger partial charge >= 0.3 is 0 Å². The van der Waals surface area contributed by atoms with E-state index in [-0.39, 0.29) is 11.0 Å². The van der Waals surface area contributed by atoms with Gasteiger partial charge in [0.1, 0.15) is 17.4 Å². The molecule has 5 rings (SSSR count). The van der Waals surface area contributed by atoms with Gasteiger partial charge in [0, 0.05) is 26.2 Å². The number of carbonyl (C=O) groups excluding carboxylic acids is 1. The van der Waals surface area contributed by atoms with E-state index in [2.05, 4.69) is 24.0 Å². The molecule has 0 atom stereocenters. The lowest BCUT2D eigenvalue weighted by Crippen LogP contribution is -2.44. The molecule has 170 valence electrons. The van der Waals surface area contributed by atoms with E-state index in [1.807, 2.05) is 6.07 Å². The van der Waals surface area contributed by atoms with Gasteiger partial charge in [-0.2, -0.15) is 0 Å². The summed E-state index contributed by atoms with van der Waals surface area (Å²) in [6.45, 7) is 6.21. The van der Waals surface area contributed by atoms with E-state index in [1.165, 1.54) is 23.2 Å². The molecular formula is C25H25N3O4S. The van der Waals surface area contributed by atoms with E-state index in [9.17, 15) is 9.59 Å². The van der Waals surface area contributed by atoms with Crippen LogP contribution in [0.15, 0.2) is 57.9 Å². The molecule has 8 heteroatoms. The summed E-state index contributed by atoms with van der Waals surface area (Å²) in [5.74, 6) is -0.391. The van der Waals surface area contributed by atoms with Crippen LogP contribution in [0.4, 0.5) is 5.13 Å². The third-order valence-corrected chi connectivity index (χ3v) is 7.02. The van der Waals surface area contributed by atoms with E-state index < -0.39 is 5.91 Å². The Morgan fingerprint density at radius 2 is 2.00 bits per heavy atom. The van der Waals surface area contributed by atoms with Crippen LogP contribution in [0, 0.1) is 0 Å². The molecule has 0 saturated carbocycles. The van der Waals surface area contributed by atoms with Gasteiger partial charge in [0.15, 0.2) is 5.13 Å². The van der Waals surface area contributed by atoms with Crippen LogP contribution in [-0.2, 0) is 11.2 Å². The number of carbonyl (C=O) groups is 1. The molecule has 1 amide bonds. The second-order valence-corrected chi connectivity index (χ2v) is 9.05. The molecule has 0 unspecified atom stereocenters. The number of hydrogen-bond donors (Lipinski definition) is 0. The van der Waals surface area contributed by atoms with Gasteiger partial charge in [0.05, 0.1) is 28.8 Å². The monoisotopic (exact) mass is 463 g/mol. The van der Waals surface area contributed by atoms with Gasteiger partial charge in [-0.3, -0.25) is 19.4 Å². The number of para-hydroxylation sites is 1. The van der Waals surface area contributed by atoms with Gasteiger partial charge < -0.3 is 9.15 Å². The number of ether oxygens (including phenoxy) is 1. The van der Waals surface area contributed by atoms with Gasteiger partial charge in [-0.05, 0) is 36.2 Å². The van der Waals surface area contributed by atoms with Crippen molar-refractivity contribution >= 4 is 43.6 Å². The fourth-order valence-corrected chi connectivity index (χ4v) is 5.07. The number of benzene rings is 2. The minimum Gasteiger partial charge on any atom is -0.463 e. The number of aromatic nitrogens is 1. The summed E-state index contributed by atoms with van der Waals surface area (Å²) in [4.78, 5) is 35.4. The van der Waals surface area contributed by atoms with E-state index >= 15 is 0 Å². The van der Waals surface area contributed by atoms with E-state index in [4.69, 9.17) is 14.1 Å². The SMILES string of the molecule is CCc1ccc2nc(N(CCN3CCOCC3)C(=O)c3coc4ccccc4c3=O)sc2c1. The van der Waals surface area contributed by atoms with Crippen molar-refractivity contribution in [1.29, 1.82) is 0 Å². The molecule has 33 heavy (non-hydrogen) atoms. The first-order valence-electron chi connectivity index (χ1n) is 11.2. The van der Waals surface area contributed by atoms with Crippen molar-refractivity contribution in [2.24, 2.45) is 0 Å². The molecule has 0 spiro atoms. The molecule has 1 fully saturated rings. The largest absolute Gasteiger partial charge is 0.463 e. The summed E-state index contributed by atoms with van der Waals surface area (Å²) in [6, 6.07) is 13.1. The van der Waals surface area contributed by atoms with Crippen LogP contribution in [0.3, 0.4) is 0 Å². The smallest absolute Gasteiger partial charge is 0.267 e. The lowest BCUT2D eigenvalue weighted by Gasteiger charge is -2.29. The standard InChI is InChI=1S/C25H25N3O4S/c1-2-17-7-8-20-22(15-17)33-25(26-20)28(10-9-27-11-13-31-14-12-27)24(30)19-16-32-21-6-4-3-5-18(21)23(19)29/h3-8,15-16H,2,9-14H2,1H3. The lowest BCUT2D eigenvalue weighted by molar-refractivity contribution is 0.0391. The zero-order chi connectivity index (χ0) is 22.8. The normalized spacial score (nSPS) is 14.7. The van der Waals surface area contributed by atoms with Crippen LogP contribution >= 0.6 is 11.3 Å². The van der Waals surface area contributed by atoms with Gasteiger partial charge in [-0.1, -0.05) is 36.5 Å². The Hall–Kier alpha value is -3.07. The van der Waals surface area contributed by atoms with E-state index in [0.717, 1.165) is 29.7 Å². The Bertz CT molecular complexity index is 1360. The minimum atomic E-state index is -0.391. The number of thiazole rings is 1. The van der Waals surface area contributed by atoms with Gasteiger partial charge in [0.2, 0.25) is 5.43 Å². The van der Waals surface area contributed by atoms with Crippen LogP contribution < -0.4 is 10.3 Å². The second-order valence-electron chi connectivity index (χ2n) is 8.04. The maximum atomic E-state index is 13.7. The van der Waals surface area contributed by atoms with Crippen LogP contribution in [0.2, 0.25) is 0 Å². The molecule has 3 heterocycles. The third kappa shape index (κ3) is 4.42. The van der Waals surface area contributed by atoms with Crippen molar-refractivity contribution in [3.63, 3.8) is 0 Å². The van der Waals surface area contributed by atoms with Gasteiger partial charge in [0.25, 0.3) is 5.91 Å². The van der Waals surface area contributed by atoms with Crippen molar-refractivity contribution in [3.8, 4) is 0 Å². The Labute approximate surface area is 195 Å². The summed E-state index contributed by atoms with van der Waals surface area (Å²) >= 11 is 1.47. The first-order valence-corrected chi connectivity index (χ1v) is 12.0. The number of anilines is 1. The lowest BCUT2D eigenvalue weighted by atomic mass is 10.1. The van der Waals surface area contributed by atoms with Crippen LogP contribution in [0.25, 0.3) is 21.2 Å². The summed E-state index contributed by atoms with van der Waals surface area (Å²) in [7, 11) is 0. The van der Waals surface area contributed by atoms with Crippen molar-refractivity contribution in [1.82, 2.24) is 9.88 Å². The van der Waals surface area contributed by atoms with E-state index in [0.29, 0.717) is 42.4 Å². The maximum Gasteiger partial charge on any atom is 0.267 e. The van der Waals surface area contributed by atoms with Crippen LogP contribution in [-0.4, -0.2) is 55.2 Å². The average molecular weight is 464 g/mol. The molecule has 7 nitrogen and oxygen atoms in total. The fourth-order valence-electron chi connectivity index (χ4n) is 4.01. The summed E-state index contributed by atoms with van der Waals surface area (Å²) in [5, 5.41) is 0.984. The number of fused-ring (bicyclic) bond motifs is 2. The highest BCUT2D eigenvalue weighted by Crippen LogP contribution is 2.30. The predicted octanol–water partition coefficient (Wildman–Crippen LogP) is 3.94. The highest BCUT2D eigenvalue weighted by molar-refractivity contribution is 7.22. The molecular weight excluding hydrogens is 438 g/mol. The molecule has 4 aromatic rings. The number of nitrogens with zero attached hydrogens (tertiary/aromatic N) is 3. The zero-order valence-electron chi connectivity index (χ0n) is 18.5. The Morgan fingerprint density at radius 1 is 1.18 bits per heavy atom. The molecule has 0 bridgehead atoms. The predicted molar refractivity (Wildman–Crippen MR) is 130 cm³/mol. The quantitative estimate of drug-likeness (QED) is 0.431. The van der Waals surface area contributed by atoms with Crippen molar-refractivity contribution < 1.29 is 13.9 Å². The topological polar surface area (TPSA) is 75.9 Å². The molecule has 2 aromatic carbocycles. The molecule has 0 aliphatic carbocycles. The van der Waals surface area contributed by atoms with Crippen LogP contribution in [0.5, 0.6) is 0 Å². The van der Waals surface area contributed by atoms with Gasteiger partial charge in [-0.25, -0.2) is 4.98 Å². The van der Waals surface area contributed by atoms with Crippen LogP contribution in [0.1, 0.15) is 22.8 Å². The van der Waals surface area contributed by atoms with Crippen molar-refractivity contribution in [3.05, 3.63) is 70.1 Å². The molecule has 2 aromatic heterocycles. The molecule has 0 radical (unpaired) electrons. The number of aryl methyl sites for hydroxylation is 1. The molecule has 1 aliphatic heterocycles. The number of hydrogen-bond acceptors (Lipinski definition) is 7. The summed E-state index contributed by atoms with van der Waals surface area (Å²) < 4.78 is 12.1. The summed E-state index contributed by atoms with van der Waals surface area (Å²) in [5.41, 5.74) is 2.23. The van der Waals surface area contributed by atoms with Crippen molar-refractivity contribution in [2.45, 2.75) is 13.3 Å².